The maximum atomic E-state index is 12.3. The average Bonchev–Trinajstić information content (AvgIpc) is 2.95. The highest BCUT2D eigenvalue weighted by molar-refractivity contribution is 7.89. The molecule has 2 N–H and O–H groups in total. The molecule has 1 aromatic heterocycles. The third-order valence-electron chi connectivity index (χ3n) is 4.02. The standard InChI is InChI=1S/C13H23N3O3S/c1-13(2)6-3-5-12(13)15-20(18,19)11-9-14-16(10-11)7-4-8-17/h9-10,12,15,17H,3-8H2,1-2H3. The lowest BCUT2D eigenvalue weighted by atomic mass is 9.88. The number of sulfonamides is 1. The zero-order chi connectivity index (χ0) is 14.8. The summed E-state index contributed by atoms with van der Waals surface area (Å²) >= 11 is 0. The van der Waals surface area contributed by atoms with Crippen molar-refractivity contribution >= 4 is 10.0 Å². The predicted molar refractivity (Wildman–Crippen MR) is 75.7 cm³/mol. The smallest absolute Gasteiger partial charge is 0.243 e. The van der Waals surface area contributed by atoms with Gasteiger partial charge in [-0.15, -0.1) is 0 Å². The zero-order valence-electron chi connectivity index (χ0n) is 12.0. The van der Waals surface area contributed by atoms with E-state index >= 15 is 0 Å². The van der Waals surface area contributed by atoms with Crippen molar-refractivity contribution in [2.45, 2.75) is 57.0 Å². The lowest BCUT2D eigenvalue weighted by Crippen LogP contribution is -2.41. The van der Waals surface area contributed by atoms with Crippen molar-refractivity contribution in [3.05, 3.63) is 12.4 Å². The average molecular weight is 301 g/mol. The molecule has 0 spiro atoms. The summed E-state index contributed by atoms with van der Waals surface area (Å²) in [6.07, 6.45) is 6.41. The molecule has 2 rings (SSSR count). The Morgan fingerprint density at radius 2 is 2.30 bits per heavy atom. The van der Waals surface area contributed by atoms with Crippen molar-refractivity contribution in [2.75, 3.05) is 6.61 Å². The highest BCUT2D eigenvalue weighted by Crippen LogP contribution is 2.37. The summed E-state index contributed by atoms with van der Waals surface area (Å²) in [5.74, 6) is 0. The summed E-state index contributed by atoms with van der Waals surface area (Å²) in [7, 11) is -3.51. The van der Waals surface area contributed by atoms with E-state index in [1.807, 2.05) is 0 Å². The van der Waals surface area contributed by atoms with Gasteiger partial charge in [0.15, 0.2) is 0 Å². The second-order valence-corrected chi connectivity index (χ2v) is 7.78. The number of aliphatic hydroxyl groups is 1. The Morgan fingerprint density at radius 1 is 1.55 bits per heavy atom. The molecule has 1 heterocycles. The quantitative estimate of drug-likeness (QED) is 0.825. The summed E-state index contributed by atoms with van der Waals surface area (Å²) in [6, 6.07) is -0.0201. The van der Waals surface area contributed by atoms with Crippen molar-refractivity contribution in [1.82, 2.24) is 14.5 Å². The van der Waals surface area contributed by atoms with Crippen LogP contribution in [-0.4, -0.2) is 36.0 Å². The Bertz CT molecular complexity index is 551. The van der Waals surface area contributed by atoms with Crippen LogP contribution in [0.15, 0.2) is 17.3 Å². The fraction of sp³-hybridized carbons (Fsp3) is 0.769. The third kappa shape index (κ3) is 3.39. The van der Waals surface area contributed by atoms with Gasteiger partial charge in [-0.25, -0.2) is 13.1 Å². The first kappa shape index (κ1) is 15.5. The Morgan fingerprint density at radius 3 is 2.90 bits per heavy atom. The Kier molecular flexibility index (Phi) is 4.51. The molecule has 114 valence electrons. The van der Waals surface area contributed by atoms with Gasteiger partial charge in [0.25, 0.3) is 0 Å². The van der Waals surface area contributed by atoms with Gasteiger partial charge in [-0.3, -0.25) is 4.68 Å². The van der Waals surface area contributed by atoms with Gasteiger partial charge in [-0.05, 0) is 24.7 Å². The number of aromatic nitrogens is 2. The van der Waals surface area contributed by atoms with E-state index in [2.05, 4.69) is 23.7 Å². The normalized spacial score (nSPS) is 22.2. The van der Waals surface area contributed by atoms with Crippen molar-refractivity contribution in [1.29, 1.82) is 0 Å². The van der Waals surface area contributed by atoms with Crippen molar-refractivity contribution in [2.24, 2.45) is 5.41 Å². The van der Waals surface area contributed by atoms with Crippen LogP contribution in [-0.2, 0) is 16.6 Å². The fourth-order valence-electron chi connectivity index (χ4n) is 2.64. The second kappa shape index (κ2) is 5.83. The molecule has 0 aliphatic heterocycles. The molecule has 1 unspecified atom stereocenters. The monoisotopic (exact) mass is 301 g/mol. The Labute approximate surface area is 120 Å². The summed E-state index contributed by atoms with van der Waals surface area (Å²) in [4.78, 5) is 0.193. The lowest BCUT2D eigenvalue weighted by molar-refractivity contribution is 0.277. The number of nitrogens with one attached hydrogen (secondary N) is 1. The molecule has 6 nitrogen and oxygen atoms in total. The molecule has 0 radical (unpaired) electrons. The van der Waals surface area contributed by atoms with Gasteiger partial charge in [0.2, 0.25) is 10.0 Å². The van der Waals surface area contributed by atoms with Crippen LogP contribution in [0.2, 0.25) is 0 Å². The van der Waals surface area contributed by atoms with E-state index in [0.29, 0.717) is 13.0 Å². The fourth-order valence-corrected chi connectivity index (χ4v) is 4.03. The molecular formula is C13H23N3O3S. The minimum atomic E-state index is -3.51. The van der Waals surface area contributed by atoms with E-state index in [9.17, 15) is 8.42 Å². The molecule has 1 atom stereocenters. The van der Waals surface area contributed by atoms with Gasteiger partial charge in [0, 0.05) is 25.4 Å². The first-order chi connectivity index (χ1) is 9.35. The summed E-state index contributed by atoms with van der Waals surface area (Å²) in [5, 5.41) is 12.8. The van der Waals surface area contributed by atoms with Gasteiger partial charge in [-0.1, -0.05) is 20.3 Å². The van der Waals surface area contributed by atoms with Crippen molar-refractivity contribution in [3.63, 3.8) is 0 Å². The first-order valence-corrected chi connectivity index (χ1v) is 8.49. The molecule has 1 aromatic rings. The van der Waals surface area contributed by atoms with Crippen LogP contribution in [0.1, 0.15) is 39.5 Å². The van der Waals surface area contributed by atoms with Gasteiger partial charge in [-0.2, -0.15) is 5.10 Å². The molecule has 0 aromatic carbocycles. The van der Waals surface area contributed by atoms with Crippen LogP contribution in [0.5, 0.6) is 0 Å². The van der Waals surface area contributed by atoms with E-state index < -0.39 is 10.0 Å². The van der Waals surface area contributed by atoms with Crippen molar-refractivity contribution < 1.29 is 13.5 Å². The predicted octanol–water partition coefficient (Wildman–Crippen LogP) is 1.12. The van der Waals surface area contributed by atoms with Crippen molar-refractivity contribution in [3.8, 4) is 0 Å². The molecule has 0 saturated heterocycles. The zero-order valence-corrected chi connectivity index (χ0v) is 12.9. The van der Waals surface area contributed by atoms with E-state index in [1.165, 1.54) is 12.4 Å². The van der Waals surface area contributed by atoms with Crippen LogP contribution in [0.3, 0.4) is 0 Å². The van der Waals surface area contributed by atoms with Crippen LogP contribution < -0.4 is 4.72 Å². The molecule has 7 heteroatoms. The summed E-state index contributed by atoms with van der Waals surface area (Å²) in [6.45, 7) is 4.77. The van der Waals surface area contributed by atoms with E-state index in [-0.39, 0.29) is 23.0 Å². The van der Waals surface area contributed by atoms with Gasteiger partial charge >= 0.3 is 0 Å². The molecule has 1 aliphatic carbocycles. The highest BCUT2D eigenvalue weighted by Gasteiger charge is 2.37. The van der Waals surface area contributed by atoms with E-state index in [4.69, 9.17) is 5.11 Å². The maximum Gasteiger partial charge on any atom is 0.243 e. The number of aryl methyl sites for hydroxylation is 1. The first-order valence-electron chi connectivity index (χ1n) is 7.01. The Balaban J connectivity index is 2.08. The summed E-state index contributed by atoms with van der Waals surface area (Å²) in [5.41, 5.74) is -0.0000471. The highest BCUT2D eigenvalue weighted by atomic mass is 32.2. The third-order valence-corrected chi connectivity index (χ3v) is 5.45. The number of hydrogen-bond acceptors (Lipinski definition) is 4. The maximum absolute atomic E-state index is 12.3. The lowest BCUT2D eigenvalue weighted by Gasteiger charge is -2.27. The van der Waals surface area contributed by atoms with Crippen LogP contribution in [0.4, 0.5) is 0 Å². The number of hydrogen-bond donors (Lipinski definition) is 2. The van der Waals surface area contributed by atoms with Gasteiger partial charge < -0.3 is 5.11 Å². The largest absolute Gasteiger partial charge is 0.396 e. The van der Waals surface area contributed by atoms with Crippen LogP contribution in [0.25, 0.3) is 0 Å². The molecule has 0 bridgehead atoms. The minimum absolute atomic E-state index is 0.0000471. The molecule has 1 fully saturated rings. The van der Waals surface area contributed by atoms with Gasteiger partial charge in [0.05, 0.1) is 6.20 Å². The number of nitrogens with zero attached hydrogens (tertiary/aromatic N) is 2. The topological polar surface area (TPSA) is 84.2 Å². The van der Waals surface area contributed by atoms with Gasteiger partial charge in [0.1, 0.15) is 4.90 Å². The van der Waals surface area contributed by atoms with E-state index in [1.54, 1.807) is 4.68 Å². The molecule has 0 amide bonds. The molecule has 1 aliphatic rings. The second-order valence-electron chi connectivity index (χ2n) is 6.07. The number of rotatable bonds is 6. The van der Waals surface area contributed by atoms with E-state index in [0.717, 1.165) is 19.3 Å². The Hall–Kier alpha value is -0.920. The molecule has 20 heavy (non-hydrogen) atoms. The van der Waals surface area contributed by atoms with Crippen LogP contribution >= 0.6 is 0 Å². The minimum Gasteiger partial charge on any atom is -0.396 e. The molecular weight excluding hydrogens is 278 g/mol. The molecule has 1 saturated carbocycles. The number of aliphatic hydroxyl groups excluding tert-OH is 1. The van der Waals surface area contributed by atoms with Crippen LogP contribution in [0, 0.1) is 5.41 Å². The summed E-state index contributed by atoms with van der Waals surface area (Å²) < 4.78 is 29.0. The SMILES string of the molecule is CC1(C)CCCC1NS(=O)(=O)c1cnn(CCCO)c1.